The summed E-state index contributed by atoms with van der Waals surface area (Å²) in [5, 5.41) is 6.91. The van der Waals surface area contributed by atoms with E-state index in [2.05, 4.69) is 138 Å². The Balaban J connectivity index is 1.17. The third-order valence-electron chi connectivity index (χ3n) is 11.1. The number of rotatable bonds is 5. The SMILES string of the molecule is c1ccc(-c2ccc3c(c2)c2ccccc2n3-c2c(-c3nc(-c4ccccc4)nc(-c4ccc5oc6ccccc6c5c4)n3)ccc3c2sc2ccccc23)cc1. The maximum Gasteiger partial charge on any atom is 0.166 e. The summed E-state index contributed by atoms with van der Waals surface area (Å²) in [5.41, 5.74) is 10.1. The van der Waals surface area contributed by atoms with Crippen LogP contribution in [0.4, 0.5) is 0 Å². The van der Waals surface area contributed by atoms with Gasteiger partial charge in [0.15, 0.2) is 17.5 Å². The van der Waals surface area contributed by atoms with E-state index in [0.29, 0.717) is 17.5 Å². The van der Waals surface area contributed by atoms with E-state index in [1.807, 2.05) is 59.9 Å². The first-order chi connectivity index (χ1) is 28.2. The van der Waals surface area contributed by atoms with Gasteiger partial charge in [-0.2, -0.15) is 0 Å². The van der Waals surface area contributed by atoms with Gasteiger partial charge in [-0.05, 0) is 65.7 Å². The van der Waals surface area contributed by atoms with Gasteiger partial charge in [-0.1, -0.05) is 127 Å². The fourth-order valence-corrected chi connectivity index (χ4v) is 9.65. The molecule has 4 heterocycles. The summed E-state index contributed by atoms with van der Waals surface area (Å²) in [5.74, 6) is 1.82. The van der Waals surface area contributed by atoms with E-state index in [-0.39, 0.29) is 0 Å². The lowest BCUT2D eigenvalue weighted by Gasteiger charge is -2.16. The molecular formula is C51H30N4OS. The fraction of sp³-hybridized carbons (Fsp3) is 0. The maximum atomic E-state index is 6.20. The summed E-state index contributed by atoms with van der Waals surface area (Å²) < 4.78 is 11.0. The molecule has 0 spiro atoms. The van der Waals surface area contributed by atoms with Gasteiger partial charge in [0.2, 0.25) is 0 Å². The lowest BCUT2D eigenvalue weighted by molar-refractivity contribution is 0.669. The molecule has 57 heavy (non-hydrogen) atoms. The van der Waals surface area contributed by atoms with Crippen LogP contribution in [0.5, 0.6) is 0 Å². The first kappa shape index (κ1) is 31.9. The largest absolute Gasteiger partial charge is 0.456 e. The van der Waals surface area contributed by atoms with E-state index >= 15 is 0 Å². The average Bonchev–Trinajstić information content (AvgIpc) is 3.96. The Morgan fingerprint density at radius 3 is 1.84 bits per heavy atom. The topological polar surface area (TPSA) is 56.7 Å². The Labute approximate surface area is 330 Å². The molecule has 8 aromatic carbocycles. The highest BCUT2D eigenvalue weighted by Gasteiger charge is 2.24. The van der Waals surface area contributed by atoms with Crippen LogP contribution >= 0.6 is 11.3 Å². The van der Waals surface area contributed by atoms with Crippen molar-refractivity contribution in [3.05, 3.63) is 182 Å². The van der Waals surface area contributed by atoms with Crippen molar-refractivity contribution in [2.45, 2.75) is 0 Å². The second-order valence-corrected chi connectivity index (χ2v) is 15.4. The number of furan rings is 1. The van der Waals surface area contributed by atoms with Crippen molar-refractivity contribution in [3.63, 3.8) is 0 Å². The zero-order valence-corrected chi connectivity index (χ0v) is 31.2. The second-order valence-electron chi connectivity index (χ2n) is 14.4. The minimum absolute atomic E-state index is 0.600. The van der Waals surface area contributed by atoms with Gasteiger partial charge in [-0.3, -0.25) is 0 Å². The molecule has 0 unspecified atom stereocenters. The summed E-state index contributed by atoms with van der Waals surface area (Å²) in [7, 11) is 0. The standard InChI is InChI=1S/C51H30N4OS/c1-3-13-31(14-4-1)33-23-27-43-40(29-33)35-17-7-10-20-42(35)55(43)47-39(26-25-38-37-19-9-12-22-46(37)57-48(38)47)51-53-49(32-15-5-2-6-16-32)52-50(54-51)34-24-28-45-41(30-34)36-18-8-11-21-44(36)56-45/h1-30H. The van der Waals surface area contributed by atoms with Crippen LogP contribution in [0.15, 0.2) is 186 Å². The highest BCUT2D eigenvalue weighted by atomic mass is 32.1. The Hall–Kier alpha value is -7.41. The van der Waals surface area contributed by atoms with Crippen LogP contribution in [-0.4, -0.2) is 19.5 Å². The molecule has 0 atom stereocenters. The maximum absolute atomic E-state index is 6.20. The van der Waals surface area contributed by atoms with Crippen LogP contribution in [0, 0.1) is 0 Å². The van der Waals surface area contributed by atoms with Gasteiger partial charge in [0.05, 0.1) is 21.4 Å². The number of fused-ring (bicyclic) bond motifs is 9. The molecule has 0 bridgehead atoms. The smallest absolute Gasteiger partial charge is 0.166 e. The summed E-state index contributed by atoms with van der Waals surface area (Å²) in [6.07, 6.45) is 0. The second kappa shape index (κ2) is 12.6. The van der Waals surface area contributed by atoms with E-state index in [9.17, 15) is 0 Å². The lowest BCUT2D eigenvalue weighted by Crippen LogP contribution is -2.04. The van der Waals surface area contributed by atoms with Crippen molar-refractivity contribution in [2.75, 3.05) is 0 Å². The molecule has 0 aliphatic rings. The number of hydrogen-bond donors (Lipinski definition) is 0. The van der Waals surface area contributed by atoms with Crippen LogP contribution < -0.4 is 0 Å². The van der Waals surface area contributed by atoms with Crippen LogP contribution in [0.25, 0.3) is 115 Å². The van der Waals surface area contributed by atoms with Crippen LogP contribution in [0.1, 0.15) is 0 Å². The predicted molar refractivity (Wildman–Crippen MR) is 236 cm³/mol. The summed E-state index contributed by atoms with van der Waals surface area (Å²) in [6.45, 7) is 0. The van der Waals surface area contributed by atoms with Crippen molar-refractivity contribution >= 4 is 75.3 Å². The average molecular weight is 747 g/mol. The zero-order chi connectivity index (χ0) is 37.5. The van der Waals surface area contributed by atoms with E-state index < -0.39 is 0 Å². The van der Waals surface area contributed by atoms with Gasteiger partial charge in [-0.15, -0.1) is 11.3 Å². The molecule has 0 N–H and O–H groups in total. The third kappa shape index (κ3) is 5.04. The van der Waals surface area contributed by atoms with Gasteiger partial charge >= 0.3 is 0 Å². The molecule has 0 radical (unpaired) electrons. The normalized spacial score (nSPS) is 11.9. The van der Waals surface area contributed by atoms with E-state index in [4.69, 9.17) is 19.4 Å². The number of aromatic nitrogens is 4. The molecule has 4 aromatic heterocycles. The summed E-state index contributed by atoms with van der Waals surface area (Å²) in [6, 6.07) is 63.8. The van der Waals surface area contributed by atoms with Gasteiger partial charge in [0.25, 0.3) is 0 Å². The molecule has 0 saturated carbocycles. The van der Waals surface area contributed by atoms with Gasteiger partial charge < -0.3 is 8.98 Å². The highest BCUT2D eigenvalue weighted by molar-refractivity contribution is 7.26. The van der Waals surface area contributed by atoms with Crippen molar-refractivity contribution in [3.8, 4) is 51.0 Å². The third-order valence-corrected chi connectivity index (χ3v) is 12.3. The molecule has 12 rings (SSSR count). The van der Waals surface area contributed by atoms with Crippen molar-refractivity contribution in [2.24, 2.45) is 0 Å². The van der Waals surface area contributed by atoms with Gasteiger partial charge in [0, 0.05) is 53.7 Å². The van der Waals surface area contributed by atoms with Crippen LogP contribution in [0.3, 0.4) is 0 Å². The minimum atomic E-state index is 0.600. The van der Waals surface area contributed by atoms with E-state index in [0.717, 1.165) is 55.3 Å². The molecular weight excluding hydrogens is 717 g/mol. The molecule has 0 aliphatic heterocycles. The van der Waals surface area contributed by atoms with Gasteiger partial charge in [-0.25, -0.2) is 15.0 Å². The van der Waals surface area contributed by atoms with E-state index in [1.165, 1.54) is 42.1 Å². The summed E-state index contributed by atoms with van der Waals surface area (Å²) in [4.78, 5) is 15.8. The zero-order valence-electron chi connectivity index (χ0n) is 30.4. The Morgan fingerprint density at radius 1 is 0.386 bits per heavy atom. The number of hydrogen-bond acceptors (Lipinski definition) is 5. The lowest BCUT2D eigenvalue weighted by atomic mass is 10.0. The first-order valence-electron chi connectivity index (χ1n) is 19.0. The van der Waals surface area contributed by atoms with E-state index in [1.54, 1.807) is 0 Å². The fourth-order valence-electron chi connectivity index (χ4n) is 8.41. The molecule has 6 heteroatoms. The number of para-hydroxylation sites is 2. The Kier molecular flexibility index (Phi) is 7.03. The molecule has 5 nitrogen and oxygen atoms in total. The first-order valence-corrected chi connectivity index (χ1v) is 19.8. The molecule has 0 fully saturated rings. The Bertz CT molecular complexity index is 3530. The van der Waals surface area contributed by atoms with Crippen LogP contribution in [-0.2, 0) is 0 Å². The molecule has 0 amide bonds. The van der Waals surface area contributed by atoms with Gasteiger partial charge in [0.1, 0.15) is 11.2 Å². The molecule has 0 saturated heterocycles. The van der Waals surface area contributed by atoms with Crippen molar-refractivity contribution < 1.29 is 4.42 Å². The molecule has 0 aliphatic carbocycles. The molecule has 266 valence electrons. The minimum Gasteiger partial charge on any atom is -0.456 e. The van der Waals surface area contributed by atoms with Crippen molar-refractivity contribution in [1.29, 1.82) is 0 Å². The summed E-state index contributed by atoms with van der Waals surface area (Å²) >= 11 is 1.81. The Morgan fingerprint density at radius 2 is 1.00 bits per heavy atom. The predicted octanol–water partition coefficient (Wildman–Crippen LogP) is 13.9. The number of benzene rings is 8. The van der Waals surface area contributed by atoms with Crippen molar-refractivity contribution in [1.82, 2.24) is 19.5 Å². The number of thiophene rings is 1. The number of nitrogens with zero attached hydrogens (tertiary/aromatic N) is 4. The highest BCUT2D eigenvalue weighted by Crippen LogP contribution is 2.45. The monoisotopic (exact) mass is 746 g/mol. The molecule has 12 aromatic rings. The quantitative estimate of drug-likeness (QED) is 0.176. The van der Waals surface area contributed by atoms with Crippen LogP contribution in [0.2, 0.25) is 0 Å².